The van der Waals surface area contributed by atoms with E-state index >= 15 is 0 Å². The maximum atomic E-state index is 4.73. The van der Waals surface area contributed by atoms with Crippen molar-refractivity contribution in [3.05, 3.63) is 82.5 Å². The van der Waals surface area contributed by atoms with Crippen molar-refractivity contribution >= 4 is 11.3 Å². The molecule has 0 fully saturated rings. The summed E-state index contributed by atoms with van der Waals surface area (Å²) < 4.78 is 2.15. The molecule has 2 aromatic carbocycles. The van der Waals surface area contributed by atoms with Gasteiger partial charge in [0.05, 0.1) is 16.1 Å². The first-order chi connectivity index (χ1) is 14.5. The van der Waals surface area contributed by atoms with E-state index in [1.165, 1.54) is 27.3 Å². The summed E-state index contributed by atoms with van der Waals surface area (Å²) in [6.07, 6.45) is 0.959. The predicted molar refractivity (Wildman–Crippen MR) is 125 cm³/mol. The van der Waals surface area contributed by atoms with Crippen LogP contribution in [0.1, 0.15) is 61.1 Å². The van der Waals surface area contributed by atoms with Gasteiger partial charge in [-0.2, -0.15) is 0 Å². The van der Waals surface area contributed by atoms with Crippen molar-refractivity contribution in [2.75, 3.05) is 0 Å². The highest BCUT2D eigenvalue weighted by Crippen LogP contribution is 2.35. The van der Waals surface area contributed by atoms with E-state index in [1.54, 1.807) is 11.3 Å². The van der Waals surface area contributed by atoms with Crippen LogP contribution in [0.2, 0.25) is 0 Å². The van der Waals surface area contributed by atoms with Crippen molar-refractivity contribution in [2.24, 2.45) is 0 Å². The van der Waals surface area contributed by atoms with E-state index in [1.807, 2.05) is 12.4 Å². The Labute approximate surface area is 182 Å². The van der Waals surface area contributed by atoms with Crippen molar-refractivity contribution < 1.29 is 0 Å². The fourth-order valence-corrected chi connectivity index (χ4v) is 4.94. The van der Waals surface area contributed by atoms with E-state index in [2.05, 4.69) is 91.0 Å². The van der Waals surface area contributed by atoms with E-state index in [-0.39, 0.29) is 0 Å². The van der Waals surface area contributed by atoms with E-state index < -0.39 is 0 Å². The minimum Gasteiger partial charge on any atom is -0.283 e. The molecule has 154 valence electrons. The topological polar surface area (TPSA) is 43.6 Å². The smallest absolute Gasteiger partial charge is 0.140 e. The Morgan fingerprint density at radius 1 is 0.933 bits per heavy atom. The maximum Gasteiger partial charge on any atom is 0.140 e. The molecule has 1 atom stereocenters. The Balaban J connectivity index is 1.56. The van der Waals surface area contributed by atoms with Crippen LogP contribution in [0.4, 0.5) is 0 Å². The summed E-state index contributed by atoms with van der Waals surface area (Å²) in [5, 5.41) is 8.62. The van der Waals surface area contributed by atoms with Gasteiger partial charge in [-0.05, 0) is 49.1 Å². The van der Waals surface area contributed by atoms with Crippen LogP contribution >= 0.6 is 11.3 Å². The van der Waals surface area contributed by atoms with Gasteiger partial charge in [0.15, 0.2) is 0 Å². The zero-order valence-electron chi connectivity index (χ0n) is 18.3. The van der Waals surface area contributed by atoms with Gasteiger partial charge in [0.2, 0.25) is 0 Å². The van der Waals surface area contributed by atoms with Crippen LogP contribution in [-0.4, -0.2) is 19.7 Å². The third-order valence-corrected chi connectivity index (χ3v) is 6.43. The number of nitrogens with zero attached hydrogens (tertiary/aromatic N) is 4. The van der Waals surface area contributed by atoms with Gasteiger partial charge in [0.1, 0.15) is 11.6 Å². The average molecular weight is 417 g/mol. The lowest BCUT2D eigenvalue weighted by atomic mass is 9.94. The van der Waals surface area contributed by atoms with E-state index in [0.717, 1.165) is 23.8 Å². The average Bonchev–Trinajstić information content (AvgIpc) is 3.36. The first kappa shape index (κ1) is 20.5. The number of aromatic nitrogens is 4. The van der Waals surface area contributed by atoms with Crippen LogP contribution in [-0.2, 0) is 6.42 Å². The van der Waals surface area contributed by atoms with Crippen molar-refractivity contribution in [1.29, 1.82) is 0 Å². The lowest BCUT2D eigenvalue weighted by Crippen LogP contribution is -2.05. The summed E-state index contributed by atoms with van der Waals surface area (Å²) in [5.74, 6) is 2.60. The van der Waals surface area contributed by atoms with Gasteiger partial charge >= 0.3 is 0 Å². The lowest BCUT2D eigenvalue weighted by molar-refractivity contribution is 0.734. The van der Waals surface area contributed by atoms with Gasteiger partial charge in [-0.3, -0.25) is 4.57 Å². The van der Waals surface area contributed by atoms with E-state index in [0.29, 0.717) is 11.8 Å². The van der Waals surface area contributed by atoms with Crippen LogP contribution in [0, 0.1) is 13.8 Å². The van der Waals surface area contributed by atoms with Crippen molar-refractivity contribution in [3.63, 3.8) is 0 Å². The van der Waals surface area contributed by atoms with Gasteiger partial charge < -0.3 is 0 Å². The fraction of sp³-hybridized carbons (Fsp3) is 0.320. The fourth-order valence-electron chi connectivity index (χ4n) is 3.94. The molecule has 0 N–H and O–H groups in total. The summed E-state index contributed by atoms with van der Waals surface area (Å²) >= 11 is 1.73. The lowest BCUT2D eigenvalue weighted by Gasteiger charge is -2.14. The van der Waals surface area contributed by atoms with Gasteiger partial charge in [0.25, 0.3) is 0 Å². The van der Waals surface area contributed by atoms with Gasteiger partial charge in [0, 0.05) is 17.5 Å². The second-order valence-corrected chi connectivity index (χ2v) is 9.10. The van der Waals surface area contributed by atoms with E-state index in [4.69, 9.17) is 4.98 Å². The monoisotopic (exact) mass is 416 g/mol. The second-order valence-electron chi connectivity index (χ2n) is 8.25. The molecule has 0 aliphatic carbocycles. The summed E-state index contributed by atoms with van der Waals surface area (Å²) in [6.45, 7) is 10.7. The minimum atomic E-state index is 0.329. The van der Waals surface area contributed by atoms with Gasteiger partial charge in [-0.1, -0.05) is 57.2 Å². The number of hydrogen-bond acceptors (Lipinski definition) is 4. The molecule has 30 heavy (non-hydrogen) atoms. The van der Waals surface area contributed by atoms with Gasteiger partial charge in [-0.15, -0.1) is 21.5 Å². The zero-order chi connectivity index (χ0) is 21.3. The molecule has 5 heteroatoms. The number of hydrogen-bond donors (Lipinski definition) is 0. The molecule has 0 saturated heterocycles. The second kappa shape index (κ2) is 8.52. The van der Waals surface area contributed by atoms with Crippen LogP contribution in [0.15, 0.2) is 54.0 Å². The maximum absolute atomic E-state index is 4.73. The van der Waals surface area contributed by atoms with Crippen LogP contribution in [0.25, 0.3) is 16.1 Å². The Kier molecular flexibility index (Phi) is 5.82. The standard InChI is InChI=1S/C25H28N4S/c1-16(2)25-28-27-19(5)29(25)21-12-10-20(11-13-21)14-18(4)23-24(30-15-26-23)22-9-7-6-8-17(22)3/h6-13,15-16,18H,14H2,1-5H3. The molecule has 4 aromatic rings. The molecule has 0 saturated carbocycles. The van der Waals surface area contributed by atoms with Gasteiger partial charge in [-0.25, -0.2) is 4.98 Å². The molecule has 0 radical (unpaired) electrons. The molecule has 4 rings (SSSR count). The quantitative estimate of drug-likeness (QED) is 0.361. The van der Waals surface area contributed by atoms with E-state index in [9.17, 15) is 0 Å². The molecule has 0 aliphatic heterocycles. The van der Waals surface area contributed by atoms with Crippen LogP contribution < -0.4 is 0 Å². The predicted octanol–water partition coefficient (Wildman–Crippen LogP) is 6.48. The zero-order valence-corrected chi connectivity index (χ0v) is 19.1. The molecule has 0 aliphatic rings. The molecular formula is C25H28N4S. The number of rotatable bonds is 6. The van der Waals surface area contributed by atoms with Crippen molar-refractivity contribution in [2.45, 2.75) is 52.9 Å². The molecular weight excluding hydrogens is 388 g/mol. The summed E-state index contributed by atoms with van der Waals surface area (Å²) in [6, 6.07) is 17.3. The number of aryl methyl sites for hydroxylation is 2. The molecule has 0 amide bonds. The van der Waals surface area contributed by atoms with Crippen molar-refractivity contribution in [3.8, 4) is 16.1 Å². The van der Waals surface area contributed by atoms with Crippen LogP contribution in [0.3, 0.4) is 0 Å². The number of thiazole rings is 1. The number of benzene rings is 2. The molecule has 0 bridgehead atoms. The molecule has 1 unspecified atom stereocenters. The normalized spacial score (nSPS) is 12.5. The summed E-state index contributed by atoms with van der Waals surface area (Å²) in [7, 11) is 0. The highest BCUT2D eigenvalue weighted by molar-refractivity contribution is 7.13. The summed E-state index contributed by atoms with van der Waals surface area (Å²) in [4.78, 5) is 6.02. The summed E-state index contributed by atoms with van der Waals surface area (Å²) in [5.41, 5.74) is 8.18. The molecule has 2 aromatic heterocycles. The third kappa shape index (κ3) is 3.94. The highest BCUT2D eigenvalue weighted by Gasteiger charge is 2.18. The third-order valence-electron chi connectivity index (χ3n) is 5.55. The largest absolute Gasteiger partial charge is 0.283 e. The first-order valence-electron chi connectivity index (χ1n) is 10.5. The molecule has 2 heterocycles. The molecule has 0 spiro atoms. The Morgan fingerprint density at radius 2 is 1.67 bits per heavy atom. The Hall–Kier alpha value is -2.79. The first-order valence-corrected chi connectivity index (χ1v) is 11.3. The SMILES string of the molecule is Cc1ccccc1-c1scnc1C(C)Cc1ccc(-n2c(C)nnc2C(C)C)cc1. The Morgan fingerprint density at radius 3 is 2.37 bits per heavy atom. The van der Waals surface area contributed by atoms with Crippen LogP contribution in [0.5, 0.6) is 0 Å². The Bertz CT molecular complexity index is 1140. The molecule has 4 nitrogen and oxygen atoms in total. The van der Waals surface area contributed by atoms with Crippen molar-refractivity contribution in [1.82, 2.24) is 19.7 Å². The minimum absolute atomic E-state index is 0.329. The highest BCUT2D eigenvalue weighted by atomic mass is 32.1.